The Morgan fingerprint density at radius 3 is 2.79 bits per heavy atom. The summed E-state index contributed by atoms with van der Waals surface area (Å²) in [7, 11) is 0. The first-order valence-electron chi connectivity index (χ1n) is 9.61. The third-order valence-corrected chi connectivity index (χ3v) is 6.40. The summed E-state index contributed by atoms with van der Waals surface area (Å²) < 4.78 is 6.74. The number of esters is 1. The molecular formula is C21H23N3O3S. The van der Waals surface area contributed by atoms with Crippen LogP contribution in [0.4, 0.5) is 0 Å². The summed E-state index contributed by atoms with van der Waals surface area (Å²) in [5.74, 6) is -0.0609. The van der Waals surface area contributed by atoms with Crippen molar-refractivity contribution in [1.29, 1.82) is 0 Å². The van der Waals surface area contributed by atoms with E-state index in [9.17, 15) is 9.59 Å². The smallest absolute Gasteiger partial charge is 0.331 e. The van der Waals surface area contributed by atoms with E-state index in [0.717, 1.165) is 36.1 Å². The molecule has 3 heterocycles. The van der Waals surface area contributed by atoms with Crippen LogP contribution >= 0.6 is 11.3 Å². The Balaban J connectivity index is 2.06. The maximum atomic E-state index is 13.7. The highest BCUT2D eigenvalue weighted by atomic mass is 32.1. The molecule has 0 aromatic carbocycles. The molecule has 0 fully saturated rings. The van der Waals surface area contributed by atoms with Crippen LogP contribution in [0.3, 0.4) is 0 Å². The lowest BCUT2D eigenvalue weighted by Crippen LogP contribution is -2.45. The van der Waals surface area contributed by atoms with Crippen LogP contribution in [0, 0.1) is 0 Å². The lowest BCUT2D eigenvalue weighted by molar-refractivity contribution is -0.152. The molecule has 0 saturated heterocycles. The Morgan fingerprint density at radius 1 is 1.29 bits per heavy atom. The standard InChI is InChI=1S/C21H23N3O3S/c1-4-27-20(26)21(2,3)24-17(14-10-7-8-12-22-14)23-18-16(19(24)25)13-9-5-6-11-15(13)28-18/h7-8,10,12H,4-6,9,11H2,1-3H3. The third kappa shape index (κ3) is 2.94. The Kier molecular flexibility index (Phi) is 4.79. The van der Waals surface area contributed by atoms with Crippen molar-refractivity contribution < 1.29 is 9.53 Å². The number of hydrogen-bond donors (Lipinski definition) is 0. The van der Waals surface area contributed by atoms with E-state index in [4.69, 9.17) is 9.72 Å². The largest absolute Gasteiger partial charge is 0.464 e. The van der Waals surface area contributed by atoms with Crippen molar-refractivity contribution in [3.05, 3.63) is 45.2 Å². The highest BCUT2D eigenvalue weighted by Crippen LogP contribution is 2.35. The molecule has 0 bridgehead atoms. The highest BCUT2D eigenvalue weighted by molar-refractivity contribution is 7.18. The molecule has 146 valence electrons. The van der Waals surface area contributed by atoms with E-state index in [1.54, 1.807) is 44.4 Å². The van der Waals surface area contributed by atoms with Crippen LogP contribution in [0.1, 0.15) is 44.1 Å². The molecule has 0 unspecified atom stereocenters. The molecule has 3 aromatic heterocycles. The van der Waals surface area contributed by atoms with Gasteiger partial charge in [-0.15, -0.1) is 11.3 Å². The second-order valence-corrected chi connectivity index (χ2v) is 8.55. The van der Waals surface area contributed by atoms with Gasteiger partial charge in [0.25, 0.3) is 5.56 Å². The number of nitrogens with zero attached hydrogens (tertiary/aromatic N) is 3. The van der Waals surface area contributed by atoms with Crippen molar-refractivity contribution in [1.82, 2.24) is 14.5 Å². The molecule has 6 nitrogen and oxygen atoms in total. The average molecular weight is 398 g/mol. The molecule has 0 atom stereocenters. The van der Waals surface area contributed by atoms with Gasteiger partial charge in [-0.25, -0.2) is 9.78 Å². The van der Waals surface area contributed by atoms with Gasteiger partial charge < -0.3 is 4.74 Å². The molecule has 7 heteroatoms. The van der Waals surface area contributed by atoms with E-state index in [2.05, 4.69) is 4.98 Å². The molecule has 0 radical (unpaired) electrons. The van der Waals surface area contributed by atoms with Crippen molar-refractivity contribution >= 4 is 27.5 Å². The fraction of sp³-hybridized carbons (Fsp3) is 0.429. The van der Waals surface area contributed by atoms with Gasteiger partial charge in [-0.2, -0.15) is 0 Å². The normalized spacial score (nSPS) is 14.1. The number of fused-ring (bicyclic) bond motifs is 3. The first-order chi connectivity index (χ1) is 13.4. The van der Waals surface area contributed by atoms with Gasteiger partial charge in [0.2, 0.25) is 0 Å². The summed E-state index contributed by atoms with van der Waals surface area (Å²) in [6, 6.07) is 5.46. The van der Waals surface area contributed by atoms with Gasteiger partial charge in [-0.1, -0.05) is 6.07 Å². The summed E-state index contributed by atoms with van der Waals surface area (Å²) in [5.41, 5.74) is 0.267. The number of carbonyl (C=O) groups is 1. The quantitative estimate of drug-likeness (QED) is 0.628. The second-order valence-electron chi connectivity index (χ2n) is 7.46. The zero-order chi connectivity index (χ0) is 19.9. The fourth-order valence-corrected chi connectivity index (χ4v) is 5.04. The lowest BCUT2D eigenvalue weighted by Gasteiger charge is -2.27. The maximum absolute atomic E-state index is 13.7. The maximum Gasteiger partial charge on any atom is 0.331 e. The van der Waals surface area contributed by atoms with Gasteiger partial charge in [-0.3, -0.25) is 14.3 Å². The molecule has 28 heavy (non-hydrogen) atoms. The Bertz CT molecular complexity index is 1100. The Labute approximate surface area is 167 Å². The predicted molar refractivity (Wildman–Crippen MR) is 110 cm³/mol. The van der Waals surface area contributed by atoms with Crippen LogP contribution in [0.15, 0.2) is 29.2 Å². The van der Waals surface area contributed by atoms with Crippen LogP contribution in [-0.4, -0.2) is 27.1 Å². The van der Waals surface area contributed by atoms with Crippen LogP contribution in [0.2, 0.25) is 0 Å². The summed E-state index contributed by atoms with van der Waals surface area (Å²) in [4.78, 5) is 37.6. The molecule has 0 spiro atoms. The molecular weight excluding hydrogens is 374 g/mol. The molecule has 4 rings (SSSR count). The molecule has 0 aliphatic heterocycles. The number of hydrogen-bond acceptors (Lipinski definition) is 6. The van der Waals surface area contributed by atoms with Gasteiger partial charge in [0.1, 0.15) is 16.1 Å². The SMILES string of the molecule is CCOC(=O)C(C)(C)n1c(-c2ccccn2)nc2sc3c(c2c1=O)CCCC3. The second kappa shape index (κ2) is 7.13. The molecule has 0 amide bonds. The van der Waals surface area contributed by atoms with Gasteiger partial charge in [-0.05, 0) is 64.2 Å². The third-order valence-electron chi connectivity index (χ3n) is 5.22. The van der Waals surface area contributed by atoms with Crippen molar-refractivity contribution in [2.75, 3.05) is 6.61 Å². The fourth-order valence-electron chi connectivity index (χ4n) is 3.79. The van der Waals surface area contributed by atoms with E-state index in [1.807, 2.05) is 12.1 Å². The Morgan fingerprint density at radius 2 is 2.07 bits per heavy atom. The number of carbonyl (C=O) groups excluding carboxylic acids is 1. The number of thiophene rings is 1. The zero-order valence-corrected chi connectivity index (χ0v) is 17.1. The van der Waals surface area contributed by atoms with Crippen molar-refractivity contribution in [3.8, 4) is 11.5 Å². The summed E-state index contributed by atoms with van der Waals surface area (Å²) in [5, 5.41) is 0.650. The molecule has 3 aromatic rings. The highest BCUT2D eigenvalue weighted by Gasteiger charge is 2.37. The summed E-state index contributed by atoms with van der Waals surface area (Å²) in [6.45, 7) is 5.41. The van der Waals surface area contributed by atoms with Crippen molar-refractivity contribution in [3.63, 3.8) is 0 Å². The minimum absolute atomic E-state index is 0.192. The average Bonchev–Trinajstić information content (AvgIpc) is 3.07. The van der Waals surface area contributed by atoms with Crippen LogP contribution in [0.25, 0.3) is 21.7 Å². The molecule has 0 N–H and O–H groups in total. The molecule has 1 aliphatic carbocycles. The van der Waals surface area contributed by atoms with E-state index in [0.29, 0.717) is 16.9 Å². The van der Waals surface area contributed by atoms with E-state index >= 15 is 0 Å². The van der Waals surface area contributed by atoms with Gasteiger partial charge in [0.15, 0.2) is 5.82 Å². The van der Waals surface area contributed by atoms with Crippen LogP contribution in [-0.2, 0) is 27.9 Å². The number of rotatable bonds is 4. The van der Waals surface area contributed by atoms with Gasteiger partial charge in [0.05, 0.1) is 12.0 Å². The summed E-state index contributed by atoms with van der Waals surface area (Å²) in [6.07, 6.45) is 5.73. The predicted octanol–water partition coefficient (Wildman–Crippen LogP) is 3.70. The van der Waals surface area contributed by atoms with Crippen molar-refractivity contribution in [2.24, 2.45) is 0 Å². The number of pyridine rings is 1. The number of aryl methyl sites for hydroxylation is 2. The van der Waals surface area contributed by atoms with Crippen molar-refractivity contribution in [2.45, 2.75) is 52.0 Å². The molecule has 0 saturated carbocycles. The number of ether oxygens (including phenoxy) is 1. The van der Waals surface area contributed by atoms with Gasteiger partial charge >= 0.3 is 5.97 Å². The monoisotopic (exact) mass is 397 g/mol. The minimum Gasteiger partial charge on any atom is -0.464 e. The first kappa shape index (κ1) is 18.8. The first-order valence-corrected chi connectivity index (χ1v) is 10.4. The van der Waals surface area contributed by atoms with E-state index in [-0.39, 0.29) is 12.2 Å². The zero-order valence-electron chi connectivity index (χ0n) is 16.3. The van der Waals surface area contributed by atoms with Gasteiger partial charge in [0, 0.05) is 11.1 Å². The topological polar surface area (TPSA) is 74.1 Å². The lowest BCUT2D eigenvalue weighted by atomic mass is 9.97. The minimum atomic E-state index is -1.20. The van der Waals surface area contributed by atoms with Crippen LogP contribution < -0.4 is 5.56 Å². The number of aromatic nitrogens is 3. The Hall–Kier alpha value is -2.54. The molecule has 1 aliphatic rings. The van der Waals surface area contributed by atoms with E-state index < -0.39 is 11.5 Å². The summed E-state index contributed by atoms with van der Waals surface area (Å²) >= 11 is 1.59. The van der Waals surface area contributed by atoms with Crippen LogP contribution in [0.5, 0.6) is 0 Å². The van der Waals surface area contributed by atoms with E-state index in [1.165, 1.54) is 9.44 Å².